The van der Waals surface area contributed by atoms with Crippen molar-refractivity contribution in [2.24, 2.45) is 10.5 Å². The highest BCUT2D eigenvalue weighted by atomic mass is 35.5. The molecule has 4 nitrogen and oxygen atoms in total. The molecule has 0 saturated heterocycles. The summed E-state index contributed by atoms with van der Waals surface area (Å²) in [5.41, 5.74) is 2.53. The minimum absolute atomic E-state index is 0.158. The van der Waals surface area contributed by atoms with Crippen LogP contribution in [0.15, 0.2) is 53.6 Å². The SMILES string of the molecule is CCCCC1(C)CN(C(=O)N(C)c2ccc(Cl)cc2)N=C1c1ccc(Cl)cc1. The van der Waals surface area contributed by atoms with Gasteiger partial charge in [0.25, 0.3) is 0 Å². The molecule has 3 rings (SSSR count). The topological polar surface area (TPSA) is 35.9 Å². The third-order valence-corrected chi connectivity index (χ3v) is 5.72. The number of hydrogen-bond donors (Lipinski definition) is 0. The summed E-state index contributed by atoms with van der Waals surface area (Å²) >= 11 is 12.0. The Kier molecular flexibility index (Phi) is 6.31. The van der Waals surface area contributed by atoms with E-state index in [4.69, 9.17) is 28.3 Å². The molecule has 0 aliphatic carbocycles. The maximum absolute atomic E-state index is 13.1. The summed E-state index contributed by atoms with van der Waals surface area (Å²) in [6.45, 7) is 4.92. The van der Waals surface area contributed by atoms with Gasteiger partial charge in [-0.15, -0.1) is 0 Å². The molecular formula is C22H25Cl2N3O. The molecule has 6 heteroatoms. The number of carbonyl (C=O) groups is 1. The predicted octanol–water partition coefficient (Wildman–Crippen LogP) is 6.47. The van der Waals surface area contributed by atoms with Crippen molar-refractivity contribution in [2.75, 3.05) is 18.5 Å². The highest BCUT2D eigenvalue weighted by Crippen LogP contribution is 2.37. The number of halogens is 2. The van der Waals surface area contributed by atoms with E-state index < -0.39 is 0 Å². The molecule has 0 radical (unpaired) electrons. The molecule has 2 aromatic rings. The third kappa shape index (κ3) is 4.34. The maximum atomic E-state index is 13.1. The molecular weight excluding hydrogens is 393 g/mol. The van der Waals surface area contributed by atoms with E-state index in [-0.39, 0.29) is 11.4 Å². The molecule has 1 heterocycles. The molecule has 1 atom stereocenters. The van der Waals surface area contributed by atoms with Gasteiger partial charge in [-0.1, -0.05) is 62.0 Å². The number of urea groups is 1. The summed E-state index contributed by atoms with van der Waals surface area (Å²) in [7, 11) is 1.75. The number of rotatable bonds is 5. The van der Waals surface area contributed by atoms with Gasteiger partial charge in [0.2, 0.25) is 0 Å². The summed E-state index contributed by atoms with van der Waals surface area (Å²) in [6.07, 6.45) is 3.15. The third-order valence-electron chi connectivity index (χ3n) is 5.21. The molecule has 0 saturated carbocycles. The number of nitrogens with zero attached hydrogens (tertiary/aromatic N) is 3. The fraction of sp³-hybridized carbons (Fsp3) is 0.364. The van der Waals surface area contributed by atoms with Crippen molar-refractivity contribution in [3.05, 3.63) is 64.1 Å². The number of hydrazone groups is 1. The van der Waals surface area contributed by atoms with Gasteiger partial charge in [0, 0.05) is 28.2 Å². The van der Waals surface area contributed by atoms with Gasteiger partial charge in [-0.25, -0.2) is 9.80 Å². The lowest BCUT2D eigenvalue weighted by atomic mass is 9.78. The van der Waals surface area contributed by atoms with Crippen LogP contribution in [0.3, 0.4) is 0 Å². The standard InChI is InChI=1S/C22H25Cl2N3O/c1-4-5-14-22(2)15-27(25-20(22)16-6-8-17(23)9-7-16)21(28)26(3)19-12-10-18(24)11-13-19/h6-13H,4-5,14-15H2,1-3H3. The number of unbranched alkanes of at least 4 members (excludes halogenated alkanes) is 1. The van der Waals surface area contributed by atoms with E-state index in [1.54, 1.807) is 29.1 Å². The largest absolute Gasteiger partial charge is 0.344 e. The van der Waals surface area contributed by atoms with Crippen LogP contribution in [-0.2, 0) is 0 Å². The van der Waals surface area contributed by atoms with Crippen molar-refractivity contribution in [1.29, 1.82) is 0 Å². The van der Waals surface area contributed by atoms with Crippen molar-refractivity contribution in [3.8, 4) is 0 Å². The number of benzene rings is 2. The second-order valence-corrected chi connectivity index (χ2v) is 8.37. The van der Waals surface area contributed by atoms with Crippen molar-refractivity contribution in [3.63, 3.8) is 0 Å². The number of carbonyl (C=O) groups excluding carboxylic acids is 1. The highest BCUT2D eigenvalue weighted by molar-refractivity contribution is 6.31. The van der Waals surface area contributed by atoms with E-state index in [1.807, 2.05) is 36.4 Å². The molecule has 2 aromatic carbocycles. The van der Waals surface area contributed by atoms with E-state index in [2.05, 4.69) is 13.8 Å². The molecule has 0 fully saturated rings. The Bertz CT molecular complexity index is 864. The van der Waals surface area contributed by atoms with E-state index >= 15 is 0 Å². The fourth-order valence-corrected chi connectivity index (χ4v) is 3.77. The average Bonchev–Trinajstić information content (AvgIpc) is 3.04. The average molecular weight is 418 g/mol. The quantitative estimate of drug-likeness (QED) is 0.549. The minimum atomic E-state index is -0.194. The van der Waals surface area contributed by atoms with Crippen molar-refractivity contribution >= 4 is 40.6 Å². The minimum Gasteiger partial charge on any atom is -0.296 e. The lowest BCUT2D eigenvalue weighted by Gasteiger charge is -2.27. The van der Waals surface area contributed by atoms with Crippen LogP contribution in [0.2, 0.25) is 10.0 Å². The second kappa shape index (κ2) is 8.54. The molecule has 1 aliphatic rings. The Labute approximate surface area is 176 Å². The van der Waals surface area contributed by atoms with Gasteiger partial charge in [-0.3, -0.25) is 4.90 Å². The number of anilines is 1. The Morgan fingerprint density at radius 2 is 1.68 bits per heavy atom. The molecule has 0 spiro atoms. The molecule has 148 valence electrons. The monoisotopic (exact) mass is 417 g/mol. The zero-order valence-corrected chi connectivity index (χ0v) is 18.0. The van der Waals surface area contributed by atoms with E-state index in [9.17, 15) is 4.79 Å². The lowest BCUT2D eigenvalue weighted by molar-refractivity contribution is 0.200. The normalized spacial score (nSPS) is 18.9. The zero-order chi connectivity index (χ0) is 20.3. The second-order valence-electron chi connectivity index (χ2n) is 7.50. The highest BCUT2D eigenvalue weighted by Gasteiger charge is 2.41. The Morgan fingerprint density at radius 1 is 1.11 bits per heavy atom. The summed E-state index contributed by atoms with van der Waals surface area (Å²) in [5, 5.41) is 7.65. The van der Waals surface area contributed by atoms with Crippen molar-refractivity contribution in [1.82, 2.24) is 5.01 Å². The molecule has 0 bridgehead atoms. The number of hydrogen-bond acceptors (Lipinski definition) is 2. The Hall–Kier alpha value is -2.04. The van der Waals surface area contributed by atoms with Gasteiger partial charge >= 0.3 is 6.03 Å². The van der Waals surface area contributed by atoms with Crippen LogP contribution in [0, 0.1) is 5.41 Å². The maximum Gasteiger partial charge on any atom is 0.344 e. The van der Waals surface area contributed by atoms with Gasteiger partial charge in [0.05, 0.1) is 12.3 Å². The van der Waals surface area contributed by atoms with Crippen LogP contribution in [0.5, 0.6) is 0 Å². The first kappa shape index (κ1) is 20.7. The predicted molar refractivity (Wildman–Crippen MR) is 118 cm³/mol. The van der Waals surface area contributed by atoms with Crippen LogP contribution < -0.4 is 4.90 Å². The first-order valence-corrected chi connectivity index (χ1v) is 10.3. The van der Waals surface area contributed by atoms with Crippen LogP contribution in [-0.4, -0.2) is 30.3 Å². The summed E-state index contributed by atoms with van der Waals surface area (Å²) in [5.74, 6) is 0. The van der Waals surface area contributed by atoms with Crippen molar-refractivity contribution < 1.29 is 4.79 Å². The van der Waals surface area contributed by atoms with Crippen LogP contribution in [0.1, 0.15) is 38.7 Å². The Balaban J connectivity index is 1.89. The summed E-state index contributed by atoms with van der Waals surface area (Å²) < 4.78 is 0. The van der Waals surface area contributed by atoms with Gasteiger partial charge in [0.15, 0.2) is 0 Å². The van der Waals surface area contributed by atoms with E-state index in [0.29, 0.717) is 16.6 Å². The van der Waals surface area contributed by atoms with Crippen molar-refractivity contribution in [2.45, 2.75) is 33.1 Å². The molecule has 1 aliphatic heterocycles. The van der Waals surface area contributed by atoms with Gasteiger partial charge in [-0.05, 0) is 48.4 Å². The van der Waals surface area contributed by atoms with Gasteiger partial charge in [-0.2, -0.15) is 5.10 Å². The molecule has 0 N–H and O–H groups in total. The molecule has 1 unspecified atom stereocenters. The zero-order valence-electron chi connectivity index (χ0n) is 16.5. The summed E-state index contributed by atoms with van der Waals surface area (Å²) in [4.78, 5) is 14.7. The Morgan fingerprint density at radius 3 is 2.25 bits per heavy atom. The van der Waals surface area contributed by atoms with E-state index in [0.717, 1.165) is 36.2 Å². The smallest absolute Gasteiger partial charge is 0.296 e. The first-order valence-electron chi connectivity index (χ1n) is 9.50. The fourth-order valence-electron chi connectivity index (χ4n) is 3.52. The molecule has 0 aromatic heterocycles. The summed E-state index contributed by atoms with van der Waals surface area (Å²) in [6, 6.07) is 14.7. The molecule has 28 heavy (non-hydrogen) atoms. The van der Waals surface area contributed by atoms with Crippen LogP contribution in [0.4, 0.5) is 10.5 Å². The first-order chi connectivity index (χ1) is 13.3. The van der Waals surface area contributed by atoms with Gasteiger partial charge < -0.3 is 0 Å². The van der Waals surface area contributed by atoms with E-state index in [1.165, 1.54) is 0 Å². The lowest BCUT2D eigenvalue weighted by Crippen LogP contribution is -2.40. The van der Waals surface area contributed by atoms with Crippen LogP contribution in [0.25, 0.3) is 0 Å². The number of amides is 2. The van der Waals surface area contributed by atoms with Crippen LogP contribution >= 0.6 is 23.2 Å². The molecule has 2 amide bonds. The van der Waals surface area contributed by atoms with Gasteiger partial charge in [0.1, 0.15) is 0 Å².